The van der Waals surface area contributed by atoms with Crippen LogP contribution in [-0.4, -0.2) is 10.7 Å². The van der Waals surface area contributed by atoms with Gasteiger partial charge in [0, 0.05) is 0 Å². The van der Waals surface area contributed by atoms with Crippen LogP contribution in [0.4, 0.5) is 0 Å². The Hall–Kier alpha value is -0.300. The predicted molar refractivity (Wildman–Crippen MR) is 54.4 cm³/mol. The maximum Gasteiger partial charge on any atom is 0.0855 e. The van der Waals surface area contributed by atoms with Crippen LogP contribution in [0.3, 0.4) is 0 Å². The summed E-state index contributed by atoms with van der Waals surface area (Å²) in [5.74, 6) is 1.30. The van der Waals surface area contributed by atoms with Gasteiger partial charge >= 0.3 is 0 Å². The first-order valence-electron chi connectivity index (χ1n) is 5.62. The summed E-state index contributed by atoms with van der Waals surface area (Å²) in [6, 6.07) is 0. The van der Waals surface area contributed by atoms with Gasteiger partial charge in [-0.2, -0.15) is 0 Å². The molecule has 0 aromatic heterocycles. The normalized spacial score (nSPS) is 45.3. The fourth-order valence-electron chi connectivity index (χ4n) is 3.30. The average Bonchev–Trinajstić information content (AvgIpc) is 2.19. The molecule has 0 aromatic rings. The van der Waals surface area contributed by atoms with Gasteiger partial charge in [-0.15, -0.1) is 6.58 Å². The Labute approximate surface area is 80.8 Å². The lowest BCUT2D eigenvalue weighted by molar-refractivity contribution is -0.0509. The molecule has 1 nitrogen and oxygen atoms in total. The predicted octanol–water partition coefficient (Wildman–Crippen LogP) is 2.89. The minimum atomic E-state index is -0.524. The molecule has 2 fully saturated rings. The van der Waals surface area contributed by atoms with Crippen LogP contribution in [0.25, 0.3) is 0 Å². The summed E-state index contributed by atoms with van der Waals surface area (Å²) in [6.07, 6.45) is 10.5. The molecule has 74 valence electrons. The van der Waals surface area contributed by atoms with Crippen molar-refractivity contribution in [2.24, 2.45) is 11.8 Å². The largest absolute Gasteiger partial charge is 0.386 e. The molecular weight excluding hydrogens is 160 g/mol. The van der Waals surface area contributed by atoms with Gasteiger partial charge < -0.3 is 5.11 Å². The summed E-state index contributed by atoms with van der Waals surface area (Å²) in [6.45, 7) is 3.80. The van der Waals surface area contributed by atoms with Crippen LogP contribution >= 0.6 is 0 Å². The summed E-state index contributed by atoms with van der Waals surface area (Å²) >= 11 is 0. The van der Waals surface area contributed by atoms with Gasteiger partial charge in [-0.05, 0) is 37.5 Å². The van der Waals surface area contributed by atoms with E-state index in [-0.39, 0.29) is 0 Å². The van der Waals surface area contributed by atoms with Crippen molar-refractivity contribution < 1.29 is 5.11 Å². The van der Waals surface area contributed by atoms with E-state index < -0.39 is 5.60 Å². The Balaban J connectivity index is 2.15. The Bertz CT molecular complexity index is 197. The number of aliphatic hydroxyl groups is 1. The lowest BCUT2D eigenvalue weighted by Crippen LogP contribution is -2.44. The SMILES string of the molecule is C=CC1(O)CCCC2CCCCC21. The summed E-state index contributed by atoms with van der Waals surface area (Å²) in [4.78, 5) is 0. The Morgan fingerprint density at radius 2 is 1.85 bits per heavy atom. The minimum Gasteiger partial charge on any atom is -0.386 e. The van der Waals surface area contributed by atoms with Crippen molar-refractivity contribution in [3.05, 3.63) is 12.7 Å². The van der Waals surface area contributed by atoms with E-state index in [0.29, 0.717) is 5.92 Å². The smallest absolute Gasteiger partial charge is 0.0855 e. The molecule has 1 N–H and O–H groups in total. The molecule has 0 heterocycles. The van der Waals surface area contributed by atoms with E-state index in [1.54, 1.807) is 6.08 Å². The second kappa shape index (κ2) is 3.45. The van der Waals surface area contributed by atoms with E-state index in [9.17, 15) is 5.11 Å². The summed E-state index contributed by atoms with van der Waals surface area (Å²) < 4.78 is 0. The minimum absolute atomic E-state index is 0.521. The summed E-state index contributed by atoms with van der Waals surface area (Å²) in [7, 11) is 0. The second-order valence-corrected chi connectivity index (χ2v) is 4.74. The lowest BCUT2D eigenvalue weighted by atomic mass is 9.63. The number of rotatable bonds is 1. The zero-order valence-corrected chi connectivity index (χ0v) is 8.34. The third kappa shape index (κ3) is 1.54. The lowest BCUT2D eigenvalue weighted by Gasteiger charge is -2.45. The molecule has 13 heavy (non-hydrogen) atoms. The number of hydrogen-bond acceptors (Lipinski definition) is 1. The quantitative estimate of drug-likeness (QED) is 0.615. The topological polar surface area (TPSA) is 20.2 Å². The van der Waals surface area contributed by atoms with Crippen molar-refractivity contribution >= 4 is 0 Å². The van der Waals surface area contributed by atoms with Crippen LogP contribution in [0.15, 0.2) is 12.7 Å². The summed E-state index contributed by atoms with van der Waals surface area (Å²) in [5.41, 5.74) is -0.524. The van der Waals surface area contributed by atoms with Gasteiger partial charge in [0.05, 0.1) is 5.60 Å². The highest BCUT2D eigenvalue weighted by Gasteiger charge is 2.42. The molecular formula is C12H20O. The fraction of sp³-hybridized carbons (Fsp3) is 0.833. The van der Waals surface area contributed by atoms with Crippen molar-refractivity contribution in [1.29, 1.82) is 0 Å². The fourth-order valence-corrected chi connectivity index (χ4v) is 3.30. The van der Waals surface area contributed by atoms with Gasteiger partial charge in [-0.1, -0.05) is 25.3 Å². The zero-order chi connectivity index (χ0) is 9.31. The first kappa shape index (κ1) is 9.26. The van der Waals surface area contributed by atoms with Gasteiger partial charge in [0.15, 0.2) is 0 Å². The highest BCUT2D eigenvalue weighted by molar-refractivity contribution is 5.05. The van der Waals surface area contributed by atoms with Crippen LogP contribution in [0.1, 0.15) is 44.9 Å². The molecule has 0 aliphatic heterocycles. The van der Waals surface area contributed by atoms with Gasteiger partial charge in [0.2, 0.25) is 0 Å². The van der Waals surface area contributed by atoms with E-state index in [0.717, 1.165) is 12.3 Å². The van der Waals surface area contributed by atoms with Gasteiger partial charge in [-0.3, -0.25) is 0 Å². The van der Waals surface area contributed by atoms with Crippen molar-refractivity contribution in [3.8, 4) is 0 Å². The molecule has 0 bridgehead atoms. The van der Waals surface area contributed by atoms with Crippen LogP contribution in [0, 0.1) is 11.8 Å². The van der Waals surface area contributed by atoms with Gasteiger partial charge in [0.25, 0.3) is 0 Å². The van der Waals surface area contributed by atoms with E-state index >= 15 is 0 Å². The highest BCUT2D eigenvalue weighted by Crippen LogP contribution is 2.46. The molecule has 0 aromatic carbocycles. The molecule has 1 heteroatoms. The average molecular weight is 180 g/mol. The highest BCUT2D eigenvalue weighted by atomic mass is 16.3. The number of fused-ring (bicyclic) bond motifs is 1. The zero-order valence-electron chi connectivity index (χ0n) is 8.34. The molecule has 2 aliphatic carbocycles. The molecule has 0 radical (unpaired) electrons. The monoisotopic (exact) mass is 180 g/mol. The van der Waals surface area contributed by atoms with Crippen molar-refractivity contribution in [3.63, 3.8) is 0 Å². The third-order valence-electron chi connectivity index (χ3n) is 4.06. The van der Waals surface area contributed by atoms with Crippen LogP contribution in [0.5, 0.6) is 0 Å². The first-order chi connectivity index (χ1) is 6.26. The van der Waals surface area contributed by atoms with Crippen LogP contribution in [0.2, 0.25) is 0 Å². The van der Waals surface area contributed by atoms with Gasteiger partial charge in [0.1, 0.15) is 0 Å². The number of hydrogen-bond donors (Lipinski definition) is 1. The molecule has 0 spiro atoms. The Morgan fingerprint density at radius 1 is 1.15 bits per heavy atom. The molecule has 2 aliphatic rings. The van der Waals surface area contributed by atoms with Crippen molar-refractivity contribution in [2.75, 3.05) is 0 Å². The molecule has 0 amide bonds. The first-order valence-corrected chi connectivity index (χ1v) is 5.62. The van der Waals surface area contributed by atoms with Crippen molar-refractivity contribution in [2.45, 2.75) is 50.5 Å². The van der Waals surface area contributed by atoms with Gasteiger partial charge in [-0.25, -0.2) is 0 Å². The third-order valence-corrected chi connectivity index (χ3v) is 4.06. The second-order valence-electron chi connectivity index (χ2n) is 4.74. The molecule has 3 atom stereocenters. The van der Waals surface area contributed by atoms with E-state index in [2.05, 4.69) is 6.58 Å². The van der Waals surface area contributed by atoms with Crippen molar-refractivity contribution in [1.82, 2.24) is 0 Å². The Morgan fingerprint density at radius 3 is 2.62 bits per heavy atom. The molecule has 0 saturated heterocycles. The van der Waals surface area contributed by atoms with E-state index in [1.165, 1.54) is 38.5 Å². The molecule has 2 saturated carbocycles. The van der Waals surface area contributed by atoms with E-state index in [4.69, 9.17) is 0 Å². The maximum atomic E-state index is 10.4. The Kier molecular flexibility index (Phi) is 2.46. The van der Waals surface area contributed by atoms with Crippen LogP contribution < -0.4 is 0 Å². The van der Waals surface area contributed by atoms with E-state index in [1.807, 2.05) is 0 Å². The molecule has 2 rings (SSSR count). The summed E-state index contributed by atoms with van der Waals surface area (Å²) in [5, 5.41) is 10.4. The maximum absolute atomic E-state index is 10.4. The van der Waals surface area contributed by atoms with Crippen LogP contribution in [-0.2, 0) is 0 Å². The molecule has 3 unspecified atom stereocenters. The standard InChI is InChI=1S/C12H20O/c1-2-12(13)9-5-7-10-6-3-4-8-11(10)12/h2,10-11,13H,1,3-9H2.